The van der Waals surface area contributed by atoms with E-state index in [1.54, 1.807) is 43.8 Å². The molecule has 0 aromatic heterocycles. The van der Waals surface area contributed by atoms with Crippen LogP contribution < -0.4 is 10.2 Å². The largest absolute Gasteiger partial charge is 0.480 e. The van der Waals surface area contributed by atoms with Crippen LogP contribution in [0, 0.1) is 11.3 Å². The molecule has 1 aromatic carbocycles. The molecule has 2 atom stereocenters. The third-order valence-corrected chi connectivity index (χ3v) is 4.49. The molecule has 8 nitrogen and oxygen atoms in total. The van der Waals surface area contributed by atoms with Gasteiger partial charge in [0.15, 0.2) is 0 Å². The number of carboxylic acid groups (broad SMARTS) is 1. The van der Waals surface area contributed by atoms with Crippen LogP contribution in [0.3, 0.4) is 0 Å². The lowest BCUT2D eigenvalue weighted by Crippen LogP contribution is -2.52. The molecule has 0 spiro atoms. The molecule has 0 saturated carbocycles. The monoisotopic (exact) mass is 407 g/mol. The summed E-state index contributed by atoms with van der Waals surface area (Å²) in [4.78, 5) is 37.4. The Morgan fingerprint density at radius 3 is 2.68 bits per heavy atom. The van der Waals surface area contributed by atoms with Crippen molar-refractivity contribution in [1.29, 1.82) is 5.26 Å². The van der Waals surface area contributed by atoms with Crippen LogP contribution in [0.1, 0.15) is 25.8 Å². The maximum Gasteiger partial charge on any atom is 0.323 e. The summed E-state index contributed by atoms with van der Waals surface area (Å²) in [6.45, 7) is 2.94. The van der Waals surface area contributed by atoms with Gasteiger partial charge in [-0.1, -0.05) is 6.07 Å². The highest BCUT2D eigenvalue weighted by Crippen LogP contribution is 2.17. The highest BCUT2D eigenvalue weighted by molar-refractivity contribution is 7.98. The number of thioether (sulfide) groups is 1. The maximum absolute atomic E-state index is 12.9. The number of nitrogens with one attached hydrogen (secondary N) is 1. The number of carbonyl (C=O) groups is 3. The number of benzene rings is 1. The number of esters is 1. The lowest BCUT2D eigenvalue weighted by atomic mass is 10.1. The molecule has 1 rings (SSSR count). The highest BCUT2D eigenvalue weighted by atomic mass is 32.2. The van der Waals surface area contributed by atoms with Gasteiger partial charge in [-0.15, -0.1) is 0 Å². The van der Waals surface area contributed by atoms with Crippen LogP contribution in [0.5, 0.6) is 0 Å². The Balaban J connectivity index is 3.03. The van der Waals surface area contributed by atoms with Crippen LogP contribution in [0.15, 0.2) is 24.3 Å². The fourth-order valence-electron chi connectivity index (χ4n) is 2.53. The first kappa shape index (κ1) is 23.5. The third kappa shape index (κ3) is 7.21. The van der Waals surface area contributed by atoms with Crippen LogP contribution in [0.4, 0.5) is 5.69 Å². The number of amides is 1. The first-order valence-corrected chi connectivity index (χ1v) is 10.2. The summed E-state index contributed by atoms with van der Waals surface area (Å²) in [5.74, 6) is -1.46. The van der Waals surface area contributed by atoms with E-state index in [-0.39, 0.29) is 6.61 Å². The predicted octanol–water partition coefficient (Wildman–Crippen LogP) is 1.64. The van der Waals surface area contributed by atoms with Crippen molar-refractivity contribution < 1.29 is 24.2 Å². The van der Waals surface area contributed by atoms with Crippen molar-refractivity contribution in [2.45, 2.75) is 32.4 Å². The lowest BCUT2D eigenvalue weighted by molar-refractivity contribution is -0.146. The van der Waals surface area contributed by atoms with Gasteiger partial charge in [0.1, 0.15) is 12.6 Å². The van der Waals surface area contributed by atoms with Crippen LogP contribution in [-0.4, -0.2) is 60.2 Å². The van der Waals surface area contributed by atoms with Crippen molar-refractivity contribution in [2.75, 3.05) is 30.1 Å². The number of aliphatic carboxylic acids is 1. The summed E-state index contributed by atoms with van der Waals surface area (Å²) in [6, 6.07) is 6.60. The number of hydrogen-bond donors (Lipinski definition) is 2. The summed E-state index contributed by atoms with van der Waals surface area (Å²) < 4.78 is 5.06. The summed E-state index contributed by atoms with van der Waals surface area (Å²) in [6.07, 6.45) is 2.38. The second kappa shape index (κ2) is 12.0. The predicted molar refractivity (Wildman–Crippen MR) is 107 cm³/mol. The second-order valence-electron chi connectivity index (χ2n) is 5.95. The number of ether oxygens (including phenoxy) is 1. The smallest absolute Gasteiger partial charge is 0.323 e. The maximum atomic E-state index is 12.9. The Bertz CT molecular complexity index is 735. The van der Waals surface area contributed by atoms with Gasteiger partial charge >= 0.3 is 11.9 Å². The Morgan fingerprint density at radius 1 is 1.39 bits per heavy atom. The van der Waals surface area contributed by atoms with E-state index < -0.39 is 36.5 Å². The molecule has 152 valence electrons. The molecular formula is C19H25N3O5S. The Morgan fingerprint density at radius 2 is 2.11 bits per heavy atom. The SMILES string of the molecule is CCOC(=O)C(CCSC)N[C@@H](C)C(=O)N(CC(=O)O)c1cccc(C#N)c1. The molecule has 9 heteroatoms. The van der Waals surface area contributed by atoms with Gasteiger partial charge in [-0.05, 0) is 50.5 Å². The van der Waals surface area contributed by atoms with Crippen molar-refractivity contribution in [3.63, 3.8) is 0 Å². The van der Waals surface area contributed by atoms with Crippen molar-refractivity contribution in [2.24, 2.45) is 0 Å². The number of rotatable bonds is 11. The van der Waals surface area contributed by atoms with Crippen LogP contribution >= 0.6 is 11.8 Å². The van der Waals surface area contributed by atoms with E-state index in [1.165, 1.54) is 6.07 Å². The molecule has 0 aliphatic rings. The molecule has 2 N–H and O–H groups in total. The van der Waals surface area contributed by atoms with Crippen molar-refractivity contribution >= 4 is 35.3 Å². The summed E-state index contributed by atoms with van der Waals surface area (Å²) in [7, 11) is 0. The van der Waals surface area contributed by atoms with Crippen molar-refractivity contribution in [1.82, 2.24) is 5.32 Å². The van der Waals surface area contributed by atoms with E-state index in [9.17, 15) is 19.5 Å². The fraction of sp³-hybridized carbons (Fsp3) is 0.474. The average Bonchev–Trinajstić information content (AvgIpc) is 2.68. The van der Waals surface area contributed by atoms with Crippen LogP contribution in [0.2, 0.25) is 0 Å². The molecule has 1 amide bonds. The van der Waals surface area contributed by atoms with E-state index in [4.69, 9.17) is 10.00 Å². The van der Waals surface area contributed by atoms with Crippen molar-refractivity contribution in [3.8, 4) is 6.07 Å². The Hall–Kier alpha value is -2.57. The van der Waals surface area contributed by atoms with E-state index in [0.717, 1.165) is 4.90 Å². The zero-order valence-corrected chi connectivity index (χ0v) is 17.0. The molecule has 1 unspecified atom stereocenters. The molecule has 0 aliphatic heterocycles. The molecule has 0 heterocycles. The van der Waals surface area contributed by atoms with Gasteiger partial charge in [-0.3, -0.25) is 24.6 Å². The number of nitrogens with zero attached hydrogens (tertiary/aromatic N) is 2. The molecule has 0 fully saturated rings. The van der Waals surface area contributed by atoms with Crippen molar-refractivity contribution in [3.05, 3.63) is 29.8 Å². The lowest BCUT2D eigenvalue weighted by Gasteiger charge is -2.27. The van der Waals surface area contributed by atoms with Gasteiger partial charge in [-0.2, -0.15) is 17.0 Å². The quantitative estimate of drug-likeness (QED) is 0.531. The minimum Gasteiger partial charge on any atom is -0.480 e. The van der Waals surface area contributed by atoms with Gasteiger partial charge in [0.05, 0.1) is 24.3 Å². The van der Waals surface area contributed by atoms with E-state index in [0.29, 0.717) is 23.4 Å². The van der Waals surface area contributed by atoms with Gasteiger partial charge in [0.2, 0.25) is 5.91 Å². The Labute approximate surface area is 168 Å². The summed E-state index contributed by atoms with van der Waals surface area (Å²) in [5, 5.41) is 21.2. The summed E-state index contributed by atoms with van der Waals surface area (Å²) in [5.41, 5.74) is 0.613. The Kier molecular flexibility index (Phi) is 10.1. The molecule has 28 heavy (non-hydrogen) atoms. The van der Waals surface area contributed by atoms with E-state index in [2.05, 4.69) is 5.32 Å². The van der Waals surface area contributed by atoms with E-state index in [1.807, 2.05) is 12.3 Å². The minimum atomic E-state index is -1.19. The normalized spacial score (nSPS) is 12.5. The number of carbonyl (C=O) groups excluding carboxylic acids is 2. The standard InChI is InChI=1S/C19H25N3O5S/c1-4-27-19(26)16(8-9-28-3)21-13(2)18(25)22(12-17(23)24)15-7-5-6-14(10-15)11-20/h5-7,10,13,16,21H,4,8-9,12H2,1-3H3,(H,23,24)/t13-,16?/m0/s1. The first-order valence-electron chi connectivity index (χ1n) is 8.79. The number of nitriles is 1. The van der Waals surface area contributed by atoms with E-state index >= 15 is 0 Å². The molecule has 0 saturated heterocycles. The van der Waals surface area contributed by atoms with Gasteiger partial charge in [-0.25, -0.2) is 0 Å². The molecular weight excluding hydrogens is 382 g/mol. The fourth-order valence-corrected chi connectivity index (χ4v) is 3.00. The number of anilines is 1. The number of carboxylic acids is 1. The van der Waals surface area contributed by atoms with Gasteiger partial charge in [0.25, 0.3) is 0 Å². The average molecular weight is 407 g/mol. The third-order valence-electron chi connectivity index (χ3n) is 3.85. The first-order chi connectivity index (χ1) is 13.3. The molecule has 0 bridgehead atoms. The number of hydrogen-bond acceptors (Lipinski definition) is 7. The zero-order valence-electron chi connectivity index (χ0n) is 16.2. The summed E-state index contributed by atoms with van der Waals surface area (Å²) >= 11 is 1.57. The van der Waals surface area contributed by atoms with Gasteiger partial charge in [0, 0.05) is 5.69 Å². The topological polar surface area (TPSA) is 120 Å². The minimum absolute atomic E-state index is 0.227. The van der Waals surface area contributed by atoms with Gasteiger partial charge < -0.3 is 9.84 Å². The molecule has 0 aliphatic carbocycles. The highest BCUT2D eigenvalue weighted by Gasteiger charge is 2.29. The second-order valence-corrected chi connectivity index (χ2v) is 6.94. The van der Waals surface area contributed by atoms with Crippen LogP contribution in [-0.2, 0) is 19.1 Å². The molecule has 1 aromatic rings. The van der Waals surface area contributed by atoms with Crippen LogP contribution in [0.25, 0.3) is 0 Å². The molecule has 0 radical (unpaired) electrons. The zero-order chi connectivity index (χ0) is 21.1.